The molecule has 1 aliphatic carbocycles. The first kappa shape index (κ1) is 102. The van der Waals surface area contributed by atoms with Crippen LogP contribution in [-0.2, 0) is 50.9 Å². The third-order valence-electron chi connectivity index (χ3n) is 20.0. The molecular formula is C98H85Br4ClF3N11O13S3. The molecule has 35 heteroatoms. The van der Waals surface area contributed by atoms with Gasteiger partial charge in [0.15, 0.2) is 17.5 Å². The van der Waals surface area contributed by atoms with Crippen molar-refractivity contribution in [3.05, 3.63) is 345 Å². The fraction of sp³-hybridized carbons (Fsp3) is 0.235. The number of halogens is 8. The van der Waals surface area contributed by atoms with Crippen molar-refractivity contribution in [1.29, 1.82) is 0 Å². The van der Waals surface area contributed by atoms with Gasteiger partial charge in [-0.3, -0.25) is 69.3 Å². The molecule has 0 N–H and O–H groups in total. The fourth-order valence-electron chi connectivity index (χ4n) is 14.2. The summed E-state index contributed by atoms with van der Waals surface area (Å²) in [5.74, 6) is -2.65. The Kier molecular flexibility index (Phi) is 34.9. The highest BCUT2D eigenvalue weighted by atomic mass is 79.9. The number of carbonyl (C=O) groups excluding carboxylic acids is 5. The number of thioether (sulfide) groups is 3. The van der Waals surface area contributed by atoms with Crippen LogP contribution >= 0.6 is 111 Å². The molecule has 0 bridgehead atoms. The van der Waals surface area contributed by atoms with E-state index in [0.717, 1.165) is 84.7 Å². The van der Waals surface area contributed by atoms with Crippen LogP contribution in [0.5, 0.6) is 0 Å². The van der Waals surface area contributed by atoms with Gasteiger partial charge in [0.05, 0.1) is 60.2 Å². The number of nitro groups is 3. The molecule has 0 radical (unpaired) electrons. The fourth-order valence-corrected chi connectivity index (χ4v) is 18.2. The van der Waals surface area contributed by atoms with Crippen LogP contribution in [0, 0.1) is 58.0 Å². The second kappa shape index (κ2) is 45.5. The summed E-state index contributed by atoms with van der Waals surface area (Å²) in [6.07, 6.45) is 3.69. The van der Waals surface area contributed by atoms with E-state index < -0.39 is 84.9 Å². The lowest BCUT2D eigenvalue weighted by atomic mass is 9.93. The summed E-state index contributed by atoms with van der Waals surface area (Å²) in [7, 11) is 0. The minimum absolute atomic E-state index is 0.0388. The van der Waals surface area contributed by atoms with Gasteiger partial charge in [-0.15, -0.1) is 35.3 Å². The number of ether oxygens (including phenoxy) is 2. The van der Waals surface area contributed by atoms with Gasteiger partial charge < -0.3 is 9.47 Å². The van der Waals surface area contributed by atoms with E-state index in [0.29, 0.717) is 74.2 Å². The van der Waals surface area contributed by atoms with E-state index in [2.05, 4.69) is 149 Å². The lowest BCUT2D eigenvalue weighted by Gasteiger charge is -2.27. The Balaban J connectivity index is 0.000000167. The van der Waals surface area contributed by atoms with Gasteiger partial charge in [0.2, 0.25) is 10.9 Å². The Morgan fingerprint density at radius 1 is 0.489 bits per heavy atom. The van der Waals surface area contributed by atoms with Crippen LogP contribution in [0.15, 0.2) is 239 Å². The first-order chi connectivity index (χ1) is 63.1. The van der Waals surface area contributed by atoms with Crippen molar-refractivity contribution in [2.45, 2.75) is 146 Å². The van der Waals surface area contributed by atoms with Gasteiger partial charge >= 0.3 is 23.8 Å². The van der Waals surface area contributed by atoms with Gasteiger partial charge in [-0.2, -0.15) is 13.2 Å². The maximum absolute atomic E-state index is 14.3. The number of Topliss-reactive ketones (excluding diaryl/α,β-unsaturated/α-hetero) is 3. The average Bonchev–Trinajstić information content (AvgIpc) is 1.77. The van der Waals surface area contributed by atoms with Crippen LogP contribution in [0.3, 0.4) is 0 Å². The van der Waals surface area contributed by atoms with E-state index >= 15 is 0 Å². The summed E-state index contributed by atoms with van der Waals surface area (Å²) in [6.45, 7) is 20.6. The molecule has 684 valence electrons. The highest BCUT2D eigenvalue weighted by Gasteiger charge is 2.42. The zero-order valence-corrected chi connectivity index (χ0v) is 83.0. The maximum Gasteiger partial charge on any atom is 0.418 e. The molecule has 6 aromatic carbocycles. The van der Waals surface area contributed by atoms with Crippen LogP contribution in [-0.4, -0.2) is 112 Å². The molecule has 0 fully saturated rings. The van der Waals surface area contributed by atoms with E-state index in [1.807, 2.05) is 156 Å². The number of fused-ring (bicyclic) bond motifs is 5. The number of hydrogen-bond donors (Lipinski definition) is 0. The lowest BCUT2D eigenvalue weighted by molar-refractivity contribution is -0.386. The number of pyridine rings is 8. The number of aromatic nitrogens is 8. The van der Waals surface area contributed by atoms with Gasteiger partial charge in [0.25, 0.3) is 11.4 Å². The Morgan fingerprint density at radius 2 is 0.917 bits per heavy atom. The third kappa shape index (κ3) is 27.6. The Hall–Kier alpha value is -11.5. The average molecular weight is 2130 g/mol. The lowest BCUT2D eigenvalue weighted by Crippen LogP contribution is -2.36. The molecule has 1 atom stereocenters. The molecule has 0 saturated carbocycles. The third-order valence-corrected chi connectivity index (χ3v) is 25.0. The zero-order chi connectivity index (χ0) is 96.5. The highest BCUT2D eigenvalue weighted by Crippen LogP contribution is 2.40. The number of benzene rings is 6. The largest absolute Gasteiger partial charge is 0.459 e. The molecule has 133 heavy (non-hydrogen) atoms. The molecular weight excluding hydrogens is 2050 g/mol. The predicted molar refractivity (Wildman–Crippen MR) is 529 cm³/mol. The summed E-state index contributed by atoms with van der Waals surface area (Å²) in [5.41, 5.74) is 8.67. The normalized spacial score (nSPS) is 11.9. The standard InChI is InChI=1S/C30H28BrN3O5S.C24H24BrNO3S.C19H13BrF3N3O3S.C19H15BrN2.C6H5ClN2O2/c1-5-40-24-14-20-11-12-21(31)15-22(20)33-27(24)28(35)25(26-23(34(37)38)13-18(2)17-32-26)29(36)39-30(3,4)16-19-9-7-6-8-10-19;1-4-30-21-12-17-10-11-18(25)13-19(17)26-23(21)20(27)14-22(28)29-24(2,3)15-16-8-6-5-7-9-16;1-2-30-17-5-10-3-4-12(20)7-13(10)25-18(17)16(27)8-14-15(26(28)29)6-11(9-24-14)19(21,22)23;1-11-5-14-7-15(8-17(14)21-10-11)19-12(2)6-13-3-4-16(20)9-18(13)22-19;1-4-2-5(9(10)11)6(7)8-3-4/h6-15,17,25H,5,16H2,1-4H3;5-13H,4,14-15H2,1-3H3;3-7,9H,2,8H2,1H3;3-6,8-10H,7H2,1-2H3;2-3H,1H3. The topological polar surface area (TPSA) is 336 Å². The SMILES string of the molecule is CCSc1cc2ccc(Br)cc2nc1C(=O)C(C(=O)OC(C)(C)Cc1ccccc1)c1ncc(C)cc1[N+](=O)[O-].CCSc1cc2ccc(Br)cc2nc1C(=O)CC(=O)OC(C)(C)Cc1ccccc1.CCSc1cc2ccc(Br)cc2nc1C(=O)Cc1ncc(C(F)(F)F)cc1[N+](=O)[O-].Cc1cnc(Cl)c([N+](=O)[O-])c1.Cc1cnc2c(c1)CC(c1nc3cc(Br)ccc3cc1C)=C2. The van der Waals surface area contributed by atoms with Crippen molar-refractivity contribution in [3.8, 4) is 0 Å². The molecule has 1 aliphatic rings. The number of hydrogen-bond acceptors (Lipinski definition) is 24. The van der Waals surface area contributed by atoms with Crippen molar-refractivity contribution in [2.75, 3.05) is 17.3 Å². The molecule has 0 aliphatic heterocycles. The number of alkyl halides is 3. The zero-order valence-electron chi connectivity index (χ0n) is 73.4. The van der Waals surface area contributed by atoms with Crippen molar-refractivity contribution >= 4 is 212 Å². The van der Waals surface area contributed by atoms with Gasteiger partial charge in [-0.05, 0) is 196 Å². The number of esters is 2. The minimum Gasteiger partial charge on any atom is -0.459 e. The van der Waals surface area contributed by atoms with Gasteiger partial charge in [-0.1, -0.05) is 187 Å². The van der Waals surface area contributed by atoms with Crippen LogP contribution < -0.4 is 0 Å². The monoisotopic (exact) mass is 2130 g/mol. The summed E-state index contributed by atoms with van der Waals surface area (Å²) < 4.78 is 53.6. The van der Waals surface area contributed by atoms with Crippen molar-refractivity contribution in [1.82, 2.24) is 39.9 Å². The van der Waals surface area contributed by atoms with Gasteiger partial charge in [-0.25, -0.2) is 24.9 Å². The summed E-state index contributed by atoms with van der Waals surface area (Å²) in [6, 6.07) is 55.4. The van der Waals surface area contributed by atoms with Crippen molar-refractivity contribution in [2.24, 2.45) is 0 Å². The second-order valence-electron chi connectivity index (χ2n) is 31.6. The summed E-state index contributed by atoms with van der Waals surface area (Å²) in [5, 5.41) is 37.3. The van der Waals surface area contributed by atoms with Crippen LogP contribution in [0.1, 0.15) is 160 Å². The number of allylic oxidation sites excluding steroid dienone is 1. The van der Waals surface area contributed by atoms with E-state index in [1.54, 1.807) is 57.7 Å². The Morgan fingerprint density at radius 3 is 1.39 bits per heavy atom. The summed E-state index contributed by atoms with van der Waals surface area (Å²) in [4.78, 5) is 134. The maximum atomic E-state index is 14.3. The number of nitrogens with zero attached hydrogens (tertiary/aromatic N) is 11. The first-order valence-electron chi connectivity index (χ1n) is 41.2. The minimum atomic E-state index is -4.78. The molecule has 15 rings (SSSR count). The second-order valence-corrected chi connectivity index (χ2v) is 39.6. The number of rotatable bonds is 26. The van der Waals surface area contributed by atoms with E-state index in [4.69, 9.17) is 26.1 Å². The molecule has 0 saturated heterocycles. The number of carbonyl (C=O) groups is 5. The van der Waals surface area contributed by atoms with Crippen LogP contribution in [0.4, 0.5) is 30.2 Å². The molecule has 8 heterocycles. The molecule has 0 amide bonds. The Labute approximate surface area is 814 Å². The first-order valence-corrected chi connectivity index (χ1v) is 47.7. The molecule has 14 aromatic rings. The highest BCUT2D eigenvalue weighted by molar-refractivity contribution is 9.11. The number of ketones is 3. The van der Waals surface area contributed by atoms with Crippen molar-refractivity contribution < 1.29 is 61.4 Å². The van der Waals surface area contributed by atoms with Gasteiger partial charge in [0, 0.05) is 116 Å². The molecule has 1 unspecified atom stereocenters. The number of aryl methyl sites for hydroxylation is 4. The predicted octanol–water partition coefficient (Wildman–Crippen LogP) is 26.4. The molecule has 24 nitrogen and oxygen atoms in total. The van der Waals surface area contributed by atoms with E-state index in [-0.39, 0.29) is 45.8 Å². The quantitative estimate of drug-likeness (QED) is 0.00924. The molecule has 8 aromatic heterocycles. The van der Waals surface area contributed by atoms with Gasteiger partial charge in [0.1, 0.15) is 46.1 Å². The van der Waals surface area contributed by atoms with E-state index in [1.165, 1.54) is 75.7 Å². The smallest absolute Gasteiger partial charge is 0.418 e. The molecule has 0 spiro atoms. The van der Waals surface area contributed by atoms with E-state index in [9.17, 15) is 67.5 Å². The van der Waals surface area contributed by atoms with Crippen LogP contribution in [0.2, 0.25) is 5.15 Å². The summed E-state index contributed by atoms with van der Waals surface area (Å²) >= 11 is 23.5. The van der Waals surface area contributed by atoms with Crippen LogP contribution in [0.25, 0.3) is 55.3 Å². The Bertz CT molecular complexity index is 6870. The van der Waals surface area contributed by atoms with Crippen molar-refractivity contribution in [3.63, 3.8) is 0 Å².